The third-order valence-electron chi connectivity index (χ3n) is 2.23. The van der Waals surface area contributed by atoms with Crippen LogP contribution in [0.25, 0.3) is 0 Å². The number of hydrogen-bond donors (Lipinski definition) is 0. The van der Waals surface area contributed by atoms with E-state index in [2.05, 4.69) is 10.0 Å². The minimum Gasteiger partial charge on any atom is -0.465 e. The number of benzene rings is 1. The molecule has 0 aliphatic heterocycles. The van der Waals surface area contributed by atoms with E-state index in [9.17, 15) is 14.5 Å². The molecule has 0 unspecified atom stereocenters. The molecule has 6 heteroatoms. The molecule has 0 saturated heterocycles. The van der Waals surface area contributed by atoms with Gasteiger partial charge < -0.3 is 4.74 Å². The molecular weight excluding hydrogens is 224 g/mol. The molecule has 0 aliphatic carbocycles. The van der Waals surface area contributed by atoms with Crippen molar-refractivity contribution in [1.82, 2.24) is 0 Å². The van der Waals surface area contributed by atoms with Crippen molar-refractivity contribution < 1.29 is 14.3 Å². The van der Waals surface area contributed by atoms with Gasteiger partial charge in [0.25, 0.3) is 0 Å². The number of para-hydroxylation sites is 1. The van der Waals surface area contributed by atoms with Crippen LogP contribution in [0.15, 0.2) is 23.5 Å². The third kappa shape index (κ3) is 2.47. The standard InChI is InChI=1S/C11H12N2O4/c1-7-5-4-6-9(11(15)17-3)10(7)13(12-16)8(2)14/h4-6H,1-3H3. The van der Waals surface area contributed by atoms with Gasteiger partial charge in [0.2, 0.25) is 5.91 Å². The van der Waals surface area contributed by atoms with Crippen molar-refractivity contribution in [1.29, 1.82) is 0 Å². The maximum Gasteiger partial charge on any atom is 0.340 e. The van der Waals surface area contributed by atoms with Gasteiger partial charge in [-0.05, 0) is 18.6 Å². The van der Waals surface area contributed by atoms with E-state index in [1.54, 1.807) is 19.1 Å². The maximum absolute atomic E-state index is 11.5. The zero-order valence-electron chi connectivity index (χ0n) is 9.76. The van der Waals surface area contributed by atoms with Gasteiger partial charge in [-0.15, -0.1) is 4.91 Å². The fraction of sp³-hybridized carbons (Fsp3) is 0.273. The molecule has 0 atom stereocenters. The molecule has 1 amide bonds. The van der Waals surface area contributed by atoms with Gasteiger partial charge in [-0.25, -0.2) is 4.79 Å². The van der Waals surface area contributed by atoms with Crippen LogP contribution in [0.5, 0.6) is 0 Å². The summed E-state index contributed by atoms with van der Waals surface area (Å²) in [6.07, 6.45) is 0. The van der Waals surface area contributed by atoms with Crippen LogP contribution in [0.3, 0.4) is 0 Å². The molecule has 0 spiro atoms. The minimum absolute atomic E-state index is 0.127. The average molecular weight is 236 g/mol. The molecule has 0 fully saturated rings. The lowest BCUT2D eigenvalue weighted by Crippen LogP contribution is -2.24. The second-order valence-electron chi connectivity index (χ2n) is 3.38. The lowest BCUT2D eigenvalue weighted by molar-refractivity contribution is -0.116. The Balaban J connectivity index is 3.43. The van der Waals surface area contributed by atoms with Crippen molar-refractivity contribution in [2.24, 2.45) is 5.29 Å². The summed E-state index contributed by atoms with van der Waals surface area (Å²) in [6, 6.07) is 4.77. The number of ether oxygens (including phenoxy) is 1. The number of carbonyl (C=O) groups excluding carboxylic acids is 2. The highest BCUT2D eigenvalue weighted by molar-refractivity contribution is 6.02. The normalized spacial score (nSPS) is 9.59. The SMILES string of the molecule is COC(=O)c1cccc(C)c1N(N=O)C(C)=O. The first-order valence-corrected chi connectivity index (χ1v) is 4.84. The third-order valence-corrected chi connectivity index (χ3v) is 2.23. The van der Waals surface area contributed by atoms with E-state index in [4.69, 9.17) is 0 Å². The summed E-state index contributed by atoms with van der Waals surface area (Å²) in [5, 5.41) is 3.26. The van der Waals surface area contributed by atoms with Gasteiger partial charge in [-0.1, -0.05) is 12.1 Å². The second-order valence-corrected chi connectivity index (χ2v) is 3.38. The molecular formula is C11H12N2O4. The summed E-state index contributed by atoms with van der Waals surface area (Å²) in [5.74, 6) is -1.20. The molecule has 1 rings (SSSR count). The van der Waals surface area contributed by atoms with E-state index >= 15 is 0 Å². The van der Waals surface area contributed by atoms with E-state index in [1.807, 2.05) is 0 Å². The molecule has 0 saturated carbocycles. The number of nitrogens with zero attached hydrogens (tertiary/aromatic N) is 2. The monoisotopic (exact) mass is 236 g/mol. The van der Waals surface area contributed by atoms with Crippen LogP contribution in [0.1, 0.15) is 22.8 Å². The molecule has 1 aromatic carbocycles. The van der Waals surface area contributed by atoms with Crippen molar-refractivity contribution >= 4 is 17.6 Å². The van der Waals surface area contributed by atoms with Crippen LogP contribution >= 0.6 is 0 Å². The van der Waals surface area contributed by atoms with E-state index in [-0.39, 0.29) is 11.3 Å². The Bertz CT molecular complexity index is 471. The van der Waals surface area contributed by atoms with Crippen LogP contribution in [0.4, 0.5) is 5.69 Å². The predicted octanol–water partition coefficient (Wildman–Crippen LogP) is 1.82. The van der Waals surface area contributed by atoms with E-state index in [0.29, 0.717) is 10.6 Å². The molecule has 17 heavy (non-hydrogen) atoms. The number of nitroso groups, excluding NO2 is 1. The van der Waals surface area contributed by atoms with Crippen LogP contribution < -0.4 is 5.01 Å². The Morgan fingerprint density at radius 3 is 2.47 bits per heavy atom. The Labute approximate surface area is 98.1 Å². The van der Waals surface area contributed by atoms with Gasteiger partial charge in [0, 0.05) is 6.92 Å². The van der Waals surface area contributed by atoms with Crippen LogP contribution in [-0.4, -0.2) is 19.0 Å². The Morgan fingerprint density at radius 1 is 1.35 bits per heavy atom. The zero-order valence-corrected chi connectivity index (χ0v) is 9.76. The average Bonchev–Trinajstić information content (AvgIpc) is 2.30. The van der Waals surface area contributed by atoms with Crippen molar-refractivity contribution in [2.45, 2.75) is 13.8 Å². The van der Waals surface area contributed by atoms with Gasteiger partial charge >= 0.3 is 5.97 Å². The molecule has 0 aromatic heterocycles. The Kier molecular flexibility index (Phi) is 3.92. The molecule has 6 nitrogen and oxygen atoms in total. The molecule has 90 valence electrons. The maximum atomic E-state index is 11.5. The topological polar surface area (TPSA) is 76.0 Å². The Morgan fingerprint density at radius 2 is 2.00 bits per heavy atom. The molecule has 0 bridgehead atoms. The number of hydrogen-bond acceptors (Lipinski definition) is 5. The van der Waals surface area contributed by atoms with E-state index in [0.717, 1.165) is 0 Å². The first kappa shape index (κ1) is 12.8. The number of methoxy groups -OCH3 is 1. The highest BCUT2D eigenvalue weighted by Gasteiger charge is 2.22. The summed E-state index contributed by atoms with van der Waals surface area (Å²) in [7, 11) is 1.22. The zero-order chi connectivity index (χ0) is 13.0. The first-order valence-electron chi connectivity index (χ1n) is 4.84. The van der Waals surface area contributed by atoms with Crippen LogP contribution in [0.2, 0.25) is 0 Å². The molecule has 0 heterocycles. The van der Waals surface area contributed by atoms with E-state index in [1.165, 1.54) is 20.1 Å². The summed E-state index contributed by atoms with van der Waals surface area (Å²) in [5.41, 5.74) is 0.867. The van der Waals surface area contributed by atoms with Gasteiger partial charge in [-0.2, -0.15) is 5.01 Å². The summed E-state index contributed by atoms with van der Waals surface area (Å²) in [4.78, 5) is 33.5. The molecule has 0 radical (unpaired) electrons. The van der Waals surface area contributed by atoms with Gasteiger partial charge in [-0.3, -0.25) is 4.79 Å². The number of rotatable bonds is 3. The van der Waals surface area contributed by atoms with Crippen molar-refractivity contribution in [3.8, 4) is 0 Å². The fourth-order valence-electron chi connectivity index (χ4n) is 1.47. The highest BCUT2D eigenvalue weighted by atomic mass is 16.5. The number of amides is 1. The smallest absolute Gasteiger partial charge is 0.340 e. The highest BCUT2D eigenvalue weighted by Crippen LogP contribution is 2.26. The lowest BCUT2D eigenvalue weighted by atomic mass is 10.1. The van der Waals surface area contributed by atoms with E-state index < -0.39 is 11.9 Å². The first-order chi connectivity index (χ1) is 8.02. The predicted molar refractivity (Wildman–Crippen MR) is 61.5 cm³/mol. The van der Waals surface area contributed by atoms with Crippen LogP contribution in [0, 0.1) is 11.8 Å². The Hall–Kier alpha value is -2.24. The second kappa shape index (κ2) is 5.20. The molecule has 0 aliphatic rings. The lowest BCUT2D eigenvalue weighted by Gasteiger charge is -2.16. The van der Waals surface area contributed by atoms with Gasteiger partial charge in [0.1, 0.15) is 0 Å². The number of esters is 1. The van der Waals surface area contributed by atoms with Gasteiger partial charge in [0.05, 0.1) is 23.6 Å². The van der Waals surface area contributed by atoms with Gasteiger partial charge in [0.15, 0.2) is 0 Å². The van der Waals surface area contributed by atoms with Crippen LogP contribution in [-0.2, 0) is 9.53 Å². The number of anilines is 1. The largest absolute Gasteiger partial charge is 0.465 e. The molecule has 0 N–H and O–H groups in total. The molecule has 1 aromatic rings. The van der Waals surface area contributed by atoms with Crippen molar-refractivity contribution in [3.05, 3.63) is 34.2 Å². The van der Waals surface area contributed by atoms with Crippen molar-refractivity contribution in [3.63, 3.8) is 0 Å². The summed E-state index contributed by atoms with van der Waals surface area (Å²) in [6.45, 7) is 2.86. The summed E-state index contributed by atoms with van der Waals surface area (Å²) >= 11 is 0. The summed E-state index contributed by atoms with van der Waals surface area (Å²) < 4.78 is 4.59. The fourth-order valence-corrected chi connectivity index (χ4v) is 1.47. The quantitative estimate of drug-likeness (QED) is 0.455. The van der Waals surface area contributed by atoms with Crippen molar-refractivity contribution in [2.75, 3.05) is 12.1 Å². The minimum atomic E-state index is -0.626. The number of carbonyl (C=O) groups is 2. The number of aryl methyl sites for hydroxylation is 1.